The van der Waals surface area contributed by atoms with Crippen LogP contribution < -0.4 is 0 Å². The predicted octanol–water partition coefficient (Wildman–Crippen LogP) is 1.17. The number of rotatable bonds is 5. The Labute approximate surface area is 123 Å². The first-order valence-corrected chi connectivity index (χ1v) is 8.24. The Kier molecular flexibility index (Phi) is 5.84. The van der Waals surface area contributed by atoms with Crippen LogP contribution in [0, 0.1) is 11.8 Å². The molecule has 118 valence electrons. The molecule has 0 bridgehead atoms. The van der Waals surface area contributed by atoms with Crippen molar-refractivity contribution in [1.82, 2.24) is 9.80 Å². The Morgan fingerprint density at radius 1 is 1.15 bits per heavy atom. The number of hydrogen-bond donors (Lipinski definition) is 2. The number of likely N-dealkylation sites (tertiary alicyclic amines) is 1. The van der Waals surface area contributed by atoms with Crippen LogP contribution in [0.1, 0.15) is 39.0 Å². The molecule has 2 aliphatic rings. The number of hydrogen-bond acceptors (Lipinski definition) is 4. The lowest BCUT2D eigenvalue weighted by molar-refractivity contribution is 0.0212. The van der Waals surface area contributed by atoms with E-state index in [1.165, 1.54) is 12.8 Å². The first kappa shape index (κ1) is 16.2. The SMILES string of the molecule is CCC1CCC(O)C(CN2CC(O)CC2CN(C)C)C1. The van der Waals surface area contributed by atoms with Gasteiger partial charge in [-0.25, -0.2) is 0 Å². The highest BCUT2D eigenvalue weighted by molar-refractivity contribution is 4.90. The molecule has 2 N–H and O–H groups in total. The van der Waals surface area contributed by atoms with Crippen molar-refractivity contribution in [3.8, 4) is 0 Å². The van der Waals surface area contributed by atoms with Crippen molar-refractivity contribution in [3.63, 3.8) is 0 Å². The summed E-state index contributed by atoms with van der Waals surface area (Å²) >= 11 is 0. The number of aliphatic hydroxyl groups is 2. The van der Waals surface area contributed by atoms with Crippen LogP contribution in [-0.4, -0.2) is 72.0 Å². The minimum Gasteiger partial charge on any atom is -0.393 e. The van der Waals surface area contributed by atoms with E-state index >= 15 is 0 Å². The molecule has 1 heterocycles. The zero-order valence-electron chi connectivity index (χ0n) is 13.3. The highest BCUT2D eigenvalue weighted by atomic mass is 16.3. The molecular formula is C16H32N2O2. The van der Waals surface area contributed by atoms with Crippen molar-refractivity contribution in [2.75, 3.05) is 33.7 Å². The van der Waals surface area contributed by atoms with Gasteiger partial charge in [0.05, 0.1) is 12.2 Å². The molecule has 2 fully saturated rings. The molecule has 0 aromatic rings. The van der Waals surface area contributed by atoms with Crippen LogP contribution in [-0.2, 0) is 0 Å². The highest BCUT2D eigenvalue weighted by Crippen LogP contribution is 2.33. The summed E-state index contributed by atoms with van der Waals surface area (Å²) in [6.45, 7) is 4.98. The second-order valence-electron chi connectivity index (χ2n) is 7.17. The van der Waals surface area contributed by atoms with Gasteiger partial charge in [0.1, 0.15) is 0 Å². The third-order valence-corrected chi connectivity index (χ3v) is 5.18. The van der Waals surface area contributed by atoms with Gasteiger partial charge < -0.3 is 15.1 Å². The van der Waals surface area contributed by atoms with E-state index < -0.39 is 0 Å². The van der Waals surface area contributed by atoms with Gasteiger partial charge in [-0.15, -0.1) is 0 Å². The van der Waals surface area contributed by atoms with Gasteiger partial charge in [0.2, 0.25) is 0 Å². The number of nitrogens with zero attached hydrogens (tertiary/aromatic N) is 2. The van der Waals surface area contributed by atoms with Crippen LogP contribution in [0.2, 0.25) is 0 Å². The van der Waals surface area contributed by atoms with E-state index in [0.29, 0.717) is 12.0 Å². The zero-order chi connectivity index (χ0) is 14.7. The fraction of sp³-hybridized carbons (Fsp3) is 1.00. The van der Waals surface area contributed by atoms with Gasteiger partial charge >= 0.3 is 0 Å². The highest BCUT2D eigenvalue weighted by Gasteiger charge is 2.36. The Morgan fingerprint density at radius 2 is 1.90 bits per heavy atom. The van der Waals surface area contributed by atoms with Crippen molar-refractivity contribution in [3.05, 3.63) is 0 Å². The molecule has 1 aliphatic heterocycles. The van der Waals surface area contributed by atoms with E-state index in [-0.39, 0.29) is 12.2 Å². The van der Waals surface area contributed by atoms with Crippen molar-refractivity contribution in [2.24, 2.45) is 11.8 Å². The van der Waals surface area contributed by atoms with Crippen LogP contribution in [0.25, 0.3) is 0 Å². The monoisotopic (exact) mass is 284 g/mol. The van der Waals surface area contributed by atoms with Gasteiger partial charge in [-0.2, -0.15) is 0 Å². The molecule has 0 radical (unpaired) electrons. The summed E-state index contributed by atoms with van der Waals surface area (Å²) in [5.74, 6) is 1.17. The summed E-state index contributed by atoms with van der Waals surface area (Å²) in [6, 6.07) is 0.439. The molecule has 1 aliphatic carbocycles. The Balaban J connectivity index is 1.92. The molecular weight excluding hydrogens is 252 g/mol. The second-order valence-corrected chi connectivity index (χ2v) is 7.17. The molecule has 20 heavy (non-hydrogen) atoms. The Morgan fingerprint density at radius 3 is 2.55 bits per heavy atom. The third kappa shape index (κ3) is 4.17. The summed E-state index contributed by atoms with van der Waals surface area (Å²) in [7, 11) is 4.18. The van der Waals surface area contributed by atoms with E-state index in [4.69, 9.17) is 0 Å². The van der Waals surface area contributed by atoms with E-state index in [0.717, 1.165) is 44.8 Å². The average Bonchev–Trinajstić information content (AvgIpc) is 2.71. The normalized spacial score (nSPS) is 39.6. The van der Waals surface area contributed by atoms with Crippen LogP contribution in [0.3, 0.4) is 0 Å². The van der Waals surface area contributed by atoms with Gasteiger partial charge in [0.15, 0.2) is 0 Å². The van der Waals surface area contributed by atoms with Crippen molar-refractivity contribution >= 4 is 0 Å². The van der Waals surface area contributed by atoms with Crippen LogP contribution in [0.4, 0.5) is 0 Å². The maximum Gasteiger partial charge on any atom is 0.0682 e. The topological polar surface area (TPSA) is 46.9 Å². The zero-order valence-corrected chi connectivity index (χ0v) is 13.3. The Hall–Kier alpha value is -0.160. The summed E-state index contributed by atoms with van der Waals surface area (Å²) in [6.07, 6.45) is 5.05. The summed E-state index contributed by atoms with van der Waals surface area (Å²) in [5, 5.41) is 20.2. The van der Waals surface area contributed by atoms with Gasteiger partial charge in [0.25, 0.3) is 0 Å². The first-order valence-electron chi connectivity index (χ1n) is 8.24. The van der Waals surface area contributed by atoms with Crippen molar-refractivity contribution in [2.45, 2.75) is 57.3 Å². The van der Waals surface area contributed by atoms with Gasteiger partial charge in [-0.3, -0.25) is 4.90 Å². The molecule has 4 heteroatoms. The maximum atomic E-state index is 10.3. The minimum absolute atomic E-state index is 0.143. The number of likely N-dealkylation sites (N-methyl/N-ethyl adjacent to an activating group) is 1. The van der Waals surface area contributed by atoms with E-state index in [1.54, 1.807) is 0 Å². The molecule has 0 aromatic heterocycles. The number of aliphatic hydroxyl groups excluding tert-OH is 2. The van der Waals surface area contributed by atoms with Crippen molar-refractivity contribution in [1.29, 1.82) is 0 Å². The molecule has 5 unspecified atom stereocenters. The van der Waals surface area contributed by atoms with Gasteiger partial charge in [-0.05, 0) is 51.6 Å². The van der Waals surface area contributed by atoms with E-state index in [9.17, 15) is 10.2 Å². The molecule has 1 saturated heterocycles. The Bertz CT molecular complexity index is 298. The van der Waals surface area contributed by atoms with Crippen LogP contribution in [0.15, 0.2) is 0 Å². The minimum atomic E-state index is -0.192. The first-order chi connectivity index (χ1) is 9.49. The molecule has 0 amide bonds. The summed E-state index contributed by atoms with van der Waals surface area (Å²) in [4.78, 5) is 4.61. The standard InChI is InChI=1S/C16H32N2O2/c1-4-12-5-6-16(20)13(7-12)9-18-11-15(19)8-14(18)10-17(2)3/h12-16,19-20H,4-11H2,1-3H3. The van der Waals surface area contributed by atoms with Gasteiger partial charge in [0, 0.05) is 25.7 Å². The molecule has 4 nitrogen and oxygen atoms in total. The van der Waals surface area contributed by atoms with Gasteiger partial charge in [-0.1, -0.05) is 13.3 Å². The molecule has 1 saturated carbocycles. The molecule has 0 spiro atoms. The predicted molar refractivity (Wildman–Crippen MR) is 81.7 cm³/mol. The van der Waals surface area contributed by atoms with Crippen molar-refractivity contribution < 1.29 is 10.2 Å². The fourth-order valence-corrected chi connectivity index (χ4v) is 4.01. The van der Waals surface area contributed by atoms with E-state index in [2.05, 4.69) is 30.8 Å². The lowest BCUT2D eigenvalue weighted by Crippen LogP contribution is -2.44. The van der Waals surface area contributed by atoms with E-state index in [1.807, 2.05) is 0 Å². The molecule has 0 aromatic carbocycles. The maximum absolute atomic E-state index is 10.3. The lowest BCUT2D eigenvalue weighted by atomic mass is 9.78. The molecule has 2 rings (SSSR count). The third-order valence-electron chi connectivity index (χ3n) is 5.18. The quantitative estimate of drug-likeness (QED) is 0.796. The second kappa shape index (κ2) is 7.21. The van der Waals surface area contributed by atoms with Crippen LogP contribution >= 0.6 is 0 Å². The lowest BCUT2D eigenvalue weighted by Gasteiger charge is -2.37. The smallest absolute Gasteiger partial charge is 0.0682 e. The van der Waals surface area contributed by atoms with Crippen LogP contribution in [0.5, 0.6) is 0 Å². The average molecular weight is 284 g/mol. The summed E-state index contributed by atoms with van der Waals surface area (Å²) < 4.78 is 0. The largest absolute Gasteiger partial charge is 0.393 e. The summed E-state index contributed by atoms with van der Waals surface area (Å²) in [5.41, 5.74) is 0. The fourth-order valence-electron chi connectivity index (χ4n) is 4.01. The number of β-amino-alcohol motifs (C(OH)–C–C–N with tert-alkyl or cyclic N) is 1. The molecule has 5 atom stereocenters.